The summed E-state index contributed by atoms with van der Waals surface area (Å²) >= 11 is 12.9. The fourth-order valence-electron chi connectivity index (χ4n) is 5.13. The lowest BCUT2D eigenvalue weighted by atomic mass is 9.95. The molecule has 0 saturated heterocycles. The molecule has 0 heterocycles. The van der Waals surface area contributed by atoms with Crippen LogP contribution in [0.2, 0.25) is 10.0 Å². The van der Waals surface area contributed by atoms with Gasteiger partial charge in [0, 0.05) is 28.2 Å². The Kier molecular flexibility index (Phi) is 11.3. The third kappa shape index (κ3) is 8.22. The third-order valence-electron chi connectivity index (χ3n) is 7.55. The largest absolute Gasteiger partial charge is 0.494 e. The number of para-hydroxylation sites is 1. The van der Waals surface area contributed by atoms with E-state index in [0.717, 1.165) is 36.4 Å². The topological polar surface area (TPSA) is 96.0 Å². The van der Waals surface area contributed by atoms with Gasteiger partial charge >= 0.3 is 0 Å². The normalized spacial score (nSPS) is 14.5. The minimum Gasteiger partial charge on any atom is -0.494 e. The van der Waals surface area contributed by atoms with Crippen molar-refractivity contribution < 1.29 is 22.7 Å². The monoisotopic (exact) mass is 645 g/mol. The molecule has 0 unspecified atom stereocenters. The molecule has 3 aromatic rings. The zero-order valence-electron chi connectivity index (χ0n) is 24.3. The highest BCUT2D eigenvalue weighted by Gasteiger charge is 2.33. The van der Waals surface area contributed by atoms with Crippen LogP contribution in [0.1, 0.15) is 51.5 Å². The van der Waals surface area contributed by atoms with Gasteiger partial charge in [-0.25, -0.2) is 8.42 Å². The van der Waals surface area contributed by atoms with Crippen molar-refractivity contribution in [3.63, 3.8) is 0 Å². The summed E-state index contributed by atoms with van der Waals surface area (Å²) in [6.45, 7) is 3.28. The van der Waals surface area contributed by atoms with Crippen molar-refractivity contribution in [3.05, 3.63) is 88.4 Å². The van der Waals surface area contributed by atoms with Gasteiger partial charge < -0.3 is 15.0 Å². The molecule has 1 atom stereocenters. The van der Waals surface area contributed by atoms with Crippen LogP contribution in [-0.2, 0) is 26.2 Å². The minimum absolute atomic E-state index is 0.00334. The molecule has 230 valence electrons. The SMILES string of the molecule is CCOc1ccc(S(=O)(=O)N(CC(=O)N(Cc2c(Cl)cccc2Cl)[C@H](C)C(=O)NC2CCCCC2)c2ccccc2)cc1. The number of ether oxygens (including phenoxy) is 1. The number of benzene rings is 3. The molecule has 0 radical (unpaired) electrons. The Morgan fingerprint density at radius 1 is 0.930 bits per heavy atom. The van der Waals surface area contributed by atoms with Crippen molar-refractivity contribution in [3.8, 4) is 5.75 Å². The molecular weight excluding hydrogens is 609 g/mol. The molecule has 11 heteroatoms. The molecule has 1 aliphatic rings. The van der Waals surface area contributed by atoms with Crippen LogP contribution in [0.15, 0.2) is 77.7 Å². The predicted molar refractivity (Wildman–Crippen MR) is 170 cm³/mol. The molecule has 1 fully saturated rings. The van der Waals surface area contributed by atoms with E-state index in [2.05, 4.69) is 5.32 Å². The summed E-state index contributed by atoms with van der Waals surface area (Å²) in [4.78, 5) is 28.9. The van der Waals surface area contributed by atoms with Crippen molar-refractivity contribution in [2.75, 3.05) is 17.5 Å². The maximum atomic E-state index is 14.1. The Morgan fingerprint density at radius 2 is 1.56 bits per heavy atom. The lowest BCUT2D eigenvalue weighted by Gasteiger charge is -2.33. The Balaban J connectivity index is 1.68. The Morgan fingerprint density at radius 3 is 2.16 bits per heavy atom. The van der Waals surface area contributed by atoms with Gasteiger partial charge in [0.05, 0.1) is 17.2 Å². The van der Waals surface area contributed by atoms with Gasteiger partial charge in [-0.1, -0.05) is 66.7 Å². The number of nitrogens with one attached hydrogen (secondary N) is 1. The van der Waals surface area contributed by atoms with E-state index < -0.39 is 28.5 Å². The number of amides is 2. The number of sulfonamides is 1. The van der Waals surface area contributed by atoms with Crippen LogP contribution < -0.4 is 14.4 Å². The molecule has 0 spiro atoms. The number of rotatable bonds is 12. The van der Waals surface area contributed by atoms with Crippen LogP contribution in [0.4, 0.5) is 5.69 Å². The van der Waals surface area contributed by atoms with Gasteiger partial charge in [-0.2, -0.15) is 0 Å². The number of hydrogen-bond acceptors (Lipinski definition) is 5. The second-order valence-electron chi connectivity index (χ2n) is 10.5. The van der Waals surface area contributed by atoms with E-state index in [9.17, 15) is 18.0 Å². The summed E-state index contributed by atoms with van der Waals surface area (Å²) < 4.78 is 34.5. The molecule has 1 aliphatic carbocycles. The van der Waals surface area contributed by atoms with E-state index in [0.29, 0.717) is 33.7 Å². The molecule has 2 amide bonds. The molecular formula is C32H37Cl2N3O5S. The fourth-order valence-corrected chi connectivity index (χ4v) is 7.06. The van der Waals surface area contributed by atoms with Crippen LogP contribution in [0, 0.1) is 0 Å². The van der Waals surface area contributed by atoms with Gasteiger partial charge in [0.2, 0.25) is 11.8 Å². The first kappa shape index (κ1) is 32.6. The number of halogens is 2. The second kappa shape index (κ2) is 14.9. The highest BCUT2D eigenvalue weighted by Crippen LogP contribution is 2.29. The van der Waals surface area contributed by atoms with E-state index in [-0.39, 0.29) is 23.4 Å². The molecule has 1 N–H and O–H groups in total. The predicted octanol–water partition coefficient (Wildman–Crippen LogP) is 6.45. The fraction of sp³-hybridized carbons (Fsp3) is 0.375. The van der Waals surface area contributed by atoms with E-state index in [4.69, 9.17) is 27.9 Å². The highest BCUT2D eigenvalue weighted by atomic mass is 35.5. The highest BCUT2D eigenvalue weighted by molar-refractivity contribution is 7.92. The average Bonchev–Trinajstić information content (AvgIpc) is 3.00. The maximum Gasteiger partial charge on any atom is 0.264 e. The molecule has 43 heavy (non-hydrogen) atoms. The Labute approximate surface area is 264 Å². The molecule has 0 bridgehead atoms. The number of carbonyl (C=O) groups is 2. The zero-order chi connectivity index (χ0) is 31.0. The zero-order valence-corrected chi connectivity index (χ0v) is 26.7. The second-order valence-corrected chi connectivity index (χ2v) is 13.2. The van der Waals surface area contributed by atoms with Gasteiger partial charge in [0.25, 0.3) is 10.0 Å². The Bertz CT molecular complexity index is 1480. The van der Waals surface area contributed by atoms with Crippen LogP contribution >= 0.6 is 23.2 Å². The van der Waals surface area contributed by atoms with Crippen molar-refractivity contribution in [2.24, 2.45) is 0 Å². The van der Waals surface area contributed by atoms with Crippen LogP contribution in [0.5, 0.6) is 5.75 Å². The smallest absolute Gasteiger partial charge is 0.264 e. The van der Waals surface area contributed by atoms with E-state index >= 15 is 0 Å². The van der Waals surface area contributed by atoms with Gasteiger partial charge in [0.15, 0.2) is 0 Å². The lowest BCUT2D eigenvalue weighted by molar-refractivity contribution is -0.139. The summed E-state index contributed by atoms with van der Waals surface area (Å²) in [5.41, 5.74) is 0.775. The summed E-state index contributed by atoms with van der Waals surface area (Å²) in [5, 5.41) is 3.76. The summed E-state index contributed by atoms with van der Waals surface area (Å²) in [6.07, 6.45) is 4.96. The van der Waals surface area contributed by atoms with Crippen molar-refractivity contribution in [2.45, 2.75) is 69.5 Å². The lowest BCUT2D eigenvalue weighted by Crippen LogP contribution is -2.53. The van der Waals surface area contributed by atoms with E-state index in [1.807, 2.05) is 6.92 Å². The number of carbonyl (C=O) groups excluding carboxylic acids is 2. The van der Waals surface area contributed by atoms with E-state index in [1.165, 1.54) is 17.0 Å². The third-order valence-corrected chi connectivity index (χ3v) is 10.1. The number of hydrogen-bond donors (Lipinski definition) is 1. The number of anilines is 1. The van der Waals surface area contributed by atoms with Gasteiger partial charge in [0.1, 0.15) is 18.3 Å². The summed E-state index contributed by atoms with van der Waals surface area (Å²) in [6, 6.07) is 18.6. The molecule has 0 aromatic heterocycles. The van der Waals surface area contributed by atoms with Crippen molar-refractivity contribution >= 4 is 50.7 Å². The van der Waals surface area contributed by atoms with Crippen LogP contribution in [-0.4, -0.2) is 50.4 Å². The molecule has 1 saturated carbocycles. The molecule has 4 rings (SSSR count). The maximum absolute atomic E-state index is 14.1. The number of nitrogens with zero attached hydrogens (tertiary/aromatic N) is 2. The molecule has 8 nitrogen and oxygen atoms in total. The standard InChI is InChI=1S/C32H37Cl2N3O5S/c1-3-42-26-17-19-27(20-18-26)43(40,41)37(25-13-8-5-9-14-25)22-31(38)36(21-28-29(33)15-10-16-30(28)34)23(2)32(39)35-24-11-6-4-7-12-24/h5,8-10,13-20,23-24H,3-4,6-7,11-12,21-22H2,1-2H3,(H,35,39)/t23-/m1/s1. The molecule has 0 aliphatic heterocycles. The quantitative estimate of drug-likeness (QED) is 0.244. The van der Waals surface area contributed by atoms with Crippen LogP contribution in [0.25, 0.3) is 0 Å². The van der Waals surface area contributed by atoms with Crippen molar-refractivity contribution in [1.82, 2.24) is 10.2 Å². The first-order valence-corrected chi connectivity index (χ1v) is 16.6. The first-order chi connectivity index (χ1) is 20.6. The Hall–Kier alpha value is -3.27. The molecule has 3 aromatic carbocycles. The van der Waals surface area contributed by atoms with Gasteiger partial charge in [-0.05, 0) is 75.2 Å². The van der Waals surface area contributed by atoms with E-state index in [1.54, 1.807) is 67.6 Å². The summed E-state index contributed by atoms with van der Waals surface area (Å²) in [7, 11) is -4.19. The van der Waals surface area contributed by atoms with Crippen LogP contribution in [0.3, 0.4) is 0 Å². The average molecular weight is 647 g/mol. The van der Waals surface area contributed by atoms with Crippen molar-refractivity contribution in [1.29, 1.82) is 0 Å². The first-order valence-electron chi connectivity index (χ1n) is 14.4. The van der Waals surface area contributed by atoms with Gasteiger partial charge in [-0.3, -0.25) is 13.9 Å². The van der Waals surface area contributed by atoms with Gasteiger partial charge in [-0.15, -0.1) is 0 Å². The minimum atomic E-state index is -4.19. The summed E-state index contributed by atoms with van der Waals surface area (Å²) in [5.74, 6) is -0.367.